The van der Waals surface area contributed by atoms with E-state index in [2.05, 4.69) is 50.1 Å². The second-order valence-corrected chi connectivity index (χ2v) is 5.09. The number of nitrogens with one attached hydrogen (secondary N) is 1. The molecule has 94 valence electrons. The maximum atomic E-state index is 5.71. The van der Waals surface area contributed by atoms with E-state index in [1.165, 1.54) is 5.56 Å². The molecule has 0 heterocycles. The fraction of sp³-hybridized carbons (Fsp3) is 0.467. The van der Waals surface area contributed by atoms with Crippen molar-refractivity contribution in [3.63, 3.8) is 0 Å². The van der Waals surface area contributed by atoms with Gasteiger partial charge in [0.1, 0.15) is 0 Å². The van der Waals surface area contributed by atoms with Gasteiger partial charge in [-0.25, -0.2) is 0 Å². The minimum absolute atomic E-state index is 0.149. The molecule has 0 amide bonds. The molecule has 1 unspecified atom stereocenters. The van der Waals surface area contributed by atoms with Crippen molar-refractivity contribution in [2.24, 2.45) is 11.8 Å². The smallest absolute Gasteiger partial charge is 0.0503 e. The Bertz CT molecular complexity index is 332. The van der Waals surface area contributed by atoms with Crippen molar-refractivity contribution in [2.45, 2.75) is 38.6 Å². The van der Waals surface area contributed by atoms with E-state index >= 15 is 0 Å². The molecule has 0 aliphatic rings. The molecule has 1 aromatic carbocycles. The van der Waals surface area contributed by atoms with Crippen LogP contribution in [0.3, 0.4) is 0 Å². The minimum Gasteiger partial charge on any atom is -0.271 e. The molecule has 17 heavy (non-hydrogen) atoms. The van der Waals surface area contributed by atoms with Gasteiger partial charge in [-0.15, -0.1) is 6.58 Å². The van der Waals surface area contributed by atoms with Crippen LogP contribution in [0.5, 0.6) is 0 Å². The Morgan fingerprint density at radius 3 is 2.47 bits per heavy atom. The third kappa shape index (κ3) is 4.33. The maximum absolute atomic E-state index is 5.71. The molecule has 1 atom stereocenters. The Morgan fingerprint density at radius 2 is 2.00 bits per heavy atom. The van der Waals surface area contributed by atoms with Gasteiger partial charge in [0.05, 0.1) is 5.54 Å². The number of aryl methyl sites for hydroxylation is 1. The predicted molar refractivity (Wildman–Crippen MR) is 74.5 cm³/mol. The Balaban J connectivity index is 2.64. The zero-order chi connectivity index (χ0) is 12.7. The number of hydrazine groups is 1. The van der Waals surface area contributed by atoms with Crippen LogP contribution in [0.1, 0.15) is 32.3 Å². The fourth-order valence-electron chi connectivity index (χ4n) is 2.22. The van der Waals surface area contributed by atoms with E-state index in [1.54, 1.807) is 0 Å². The van der Waals surface area contributed by atoms with Crippen molar-refractivity contribution < 1.29 is 0 Å². The van der Waals surface area contributed by atoms with Crippen LogP contribution >= 0.6 is 0 Å². The summed E-state index contributed by atoms with van der Waals surface area (Å²) in [6, 6.07) is 10.5. The Morgan fingerprint density at radius 1 is 1.35 bits per heavy atom. The maximum Gasteiger partial charge on any atom is 0.0503 e. The van der Waals surface area contributed by atoms with Gasteiger partial charge >= 0.3 is 0 Å². The average molecular weight is 232 g/mol. The largest absolute Gasteiger partial charge is 0.271 e. The van der Waals surface area contributed by atoms with E-state index in [4.69, 9.17) is 5.84 Å². The van der Waals surface area contributed by atoms with Crippen LogP contribution in [0, 0.1) is 5.92 Å². The van der Waals surface area contributed by atoms with E-state index in [9.17, 15) is 0 Å². The molecule has 0 fully saturated rings. The lowest BCUT2D eigenvalue weighted by Gasteiger charge is -2.31. The monoisotopic (exact) mass is 232 g/mol. The van der Waals surface area contributed by atoms with Gasteiger partial charge in [0.15, 0.2) is 0 Å². The third-order valence-electron chi connectivity index (χ3n) is 3.15. The Labute approximate surface area is 105 Å². The first-order valence-electron chi connectivity index (χ1n) is 6.27. The van der Waals surface area contributed by atoms with Crippen LogP contribution < -0.4 is 11.3 Å². The lowest BCUT2D eigenvalue weighted by atomic mass is 9.84. The van der Waals surface area contributed by atoms with Crippen molar-refractivity contribution >= 4 is 0 Å². The van der Waals surface area contributed by atoms with E-state index in [1.807, 2.05) is 12.1 Å². The molecule has 0 aromatic heterocycles. The minimum atomic E-state index is -0.149. The lowest BCUT2D eigenvalue weighted by molar-refractivity contribution is 0.315. The highest BCUT2D eigenvalue weighted by atomic mass is 15.3. The standard InChI is InChI=1S/C15H24N2/c1-4-15(17-16,12-13(2)3)11-10-14-8-6-5-7-9-14/h4-9,13,17H,1,10-12,16H2,2-3H3. The van der Waals surface area contributed by atoms with Gasteiger partial charge in [0, 0.05) is 0 Å². The van der Waals surface area contributed by atoms with Crippen LogP contribution in [0.4, 0.5) is 0 Å². The second kappa shape index (κ2) is 6.58. The van der Waals surface area contributed by atoms with Gasteiger partial charge < -0.3 is 0 Å². The molecule has 2 nitrogen and oxygen atoms in total. The first-order chi connectivity index (χ1) is 8.12. The van der Waals surface area contributed by atoms with Crippen LogP contribution in [0.25, 0.3) is 0 Å². The summed E-state index contributed by atoms with van der Waals surface area (Å²) in [5.74, 6) is 6.31. The zero-order valence-corrected chi connectivity index (χ0v) is 10.9. The summed E-state index contributed by atoms with van der Waals surface area (Å²) in [4.78, 5) is 0. The number of hydrogen-bond acceptors (Lipinski definition) is 2. The van der Waals surface area contributed by atoms with E-state index in [0.717, 1.165) is 19.3 Å². The molecule has 1 aromatic rings. The summed E-state index contributed by atoms with van der Waals surface area (Å²) < 4.78 is 0. The van der Waals surface area contributed by atoms with Gasteiger partial charge in [-0.05, 0) is 30.7 Å². The van der Waals surface area contributed by atoms with E-state index < -0.39 is 0 Å². The summed E-state index contributed by atoms with van der Waals surface area (Å²) in [6.07, 6.45) is 4.97. The molecule has 0 radical (unpaired) electrons. The lowest BCUT2D eigenvalue weighted by Crippen LogP contribution is -2.49. The highest BCUT2D eigenvalue weighted by Gasteiger charge is 2.25. The van der Waals surface area contributed by atoms with Crippen LogP contribution in [0.15, 0.2) is 43.0 Å². The van der Waals surface area contributed by atoms with Gasteiger partial charge in [0.2, 0.25) is 0 Å². The zero-order valence-electron chi connectivity index (χ0n) is 10.9. The molecule has 2 heteroatoms. The van der Waals surface area contributed by atoms with Gasteiger partial charge in [0.25, 0.3) is 0 Å². The highest BCUT2D eigenvalue weighted by Crippen LogP contribution is 2.23. The molecule has 0 bridgehead atoms. The van der Waals surface area contributed by atoms with Crippen molar-refractivity contribution in [3.8, 4) is 0 Å². The van der Waals surface area contributed by atoms with Crippen molar-refractivity contribution in [1.82, 2.24) is 5.43 Å². The van der Waals surface area contributed by atoms with Gasteiger partial charge in [-0.3, -0.25) is 11.3 Å². The highest BCUT2D eigenvalue weighted by molar-refractivity contribution is 5.16. The van der Waals surface area contributed by atoms with Crippen LogP contribution in [-0.2, 0) is 6.42 Å². The molecule has 0 aliphatic carbocycles. The van der Waals surface area contributed by atoms with E-state index in [0.29, 0.717) is 5.92 Å². The number of benzene rings is 1. The summed E-state index contributed by atoms with van der Waals surface area (Å²) in [6.45, 7) is 8.34. The average Bonchev–Trinajstić information content (AvgIpc) is 2.35. The third-order valence-corrected chi connectivity index (χ3v) is 3.15. The molecule has 0 spiro atoms. The molecule has 0 aliphatic heterocycles. The predicted octanol–water partition coefficient (Wildman–Crippen LogP) is 3.05. The molecular weight excluding hydrogens is 208 g/mol. The fourth-order valence-corrected chi connectivity index (χ4v) is 2.22. The van der Waals surface area contributed by atoms with Crippen molar-refractivity contribution in [2.75, 3.05) is 0 Å². The van der Waals surface area contributed by atoms with E-state index in [-0.39, 0.29) is 5.54 Å². The summed E-state index contributed by atoms with van der Waals surface area (Å²) in [7, 11) is 0. The van der Waals surface area contributed by atoms with Gasteiger partial charge in [-0.2, -0.15) is 0 Å². The van der Waals surface area contributed by atoms with Crippen LogP contribution in [0.2, 0.25) is 0 Å². The Kier molecular flexibility index (Phi) is 5.39. The molecule has 0 saturated carbocycles. The SMILES string of the molecule is C=CC(CCc1ccccc1)(CC(C)C)NN. The van der Waals surface area contributed by atoms with Crippen LogP contribution in [-0.4, -0.2) is 5.54 Å². The molecule has 1 rings (SSSR count). The summed E-state index contributed by atoms with van der Waals surface area (Å²) in [5.41, 5.74) is 4.15. The summed E-state index contributed by atoms with van der Waals surface area (Å²) >= 11 is 0. The molecular formula is C15H24N2. The summed E-state index contributed by atoms with van der Waals surface area (Å²) in [5, 5.41) is 0. The topological polar surface area (TPSA) is 38.0 Å². The first kappa shape index (κ1) is 13.9. The number of nitrogens with two attached hydrogens (primary N) is 1. The Hall–Kier alpha value is -1.12. The second-order valence-electron chi connectivity index (χ2n) is 5.09. The normalized spacial score (nSPS) is 14.6. The van der Waals surface area contributed by atoms with Crippen molar-refractivity contribution in [1.29, 1.82) is 0 Å². The quantitative estimate of drug-likeness (QED) is 0.431. The molecule has 3 N–H and O–H groups in total. The van der Waals surface area contributed by atoms with Crippen molar-refractivity contribution in [3.05, 3.63) is 48.6 Å². The molecule has 0 saturated heterocycles. The van der Waals surface area contributed by atoms with Gasteiger partial charge in [-0.1, -0.05) is 50.3 Å². The number of hydrogen-bond donors (Lipinski definition) is 2. The number of rotatable bonds is 7. The first-order valence-corrected chi connectivity index (χ1v) is 6.27.